The molecule has 0 radical (unpaired) electrons. The quantitative estimate of drug-likeness (QED) is 0.751. The van der Waals surface area contributed by atoms with Gasteiger partial charge in [0.15, 0.2) is 34.6 Å². The Morgan fingerprint density at radius 2 is 1.60 bits per heavy atom. The van der Waals surface area contributed by atoms with E-state index in [0.717, 1.165) is 0 Å². The number of Topliss-reactive ketones (excluding diaryl/α,β-unsaturated/α-hetero) is 1. The molecule has 1 aliphatic heterocycles. The lowest BCUT2D eigenvalue weighted by Crippen LogP contribution is -2.10. The first-order chi connectivity index (χ1) is 12.1. The molecule has 1 heterocycles. The van der Waals surface area contributed by atoms with Gasteiger partial charge in [0.05, 0.1) is 14.2 Å². The van der Waals surface area contributed by atoms with Crippen molar-refractivity contribution in [2.45, 2.75) is 13.3 Å². The van der Waals surface area contributed by atoms with Crippen LogP contribution in [0, 0.1) is 0 Å². The Morgan fingerprint density at radius 1 is 0.960 bits per heavy atom. The predicted molar refractivity (Wildman–Crippen MR) is 90.2 cm³/mol. The largest absolute Gasteiger partial charge is 0.493 e. The zero-order valence-electron chi connectivity index (χ0n) is 14.3. The number of fused-ring (bicyclic) bond motifs is 1. The molecule has 25 heavy (non-hydrogen) atoms. The molecule has 3 rings (SSSR count). The van der Waals surface area contributed by atoms with E-state index in [9.17, 15) is 9.59 Å². The van der Waals surface area contributed by atoms with Gasteiger partial charge in [-0.3, -0.25) is 9.59 Å². The molecular formula is C19H18O6. The number of hydrogen-bond donors (Lipinski definition) is 0. The highest BCUT2D eigenvalue weighted by molar-refractivity contribution is 6.16. The highest BCUT2D eigenvalue weighted by atomic mass is 16.7. The van der Waals surface area contributed by atoms with Gasteiger partial charge >= 0.3 is 0 Å². The number of methoxy groups -OCH3 is 2. The maximum absolute atomic E-state index is 13.0. The first-order valence-electron chi connectivity index (χ1n) is 7.82. The number of ketones is 2. The van der Waals surface area contributed by atoms with Crippen molar-refractivity contribution in [3.63, 3.8) is 0 Å². The topological polar surface area (TPSA) is 71.1 Å². The molecule has 0 aromatic heterocycles. The molecule has 0 saturated heterocycles. The molecule has 0 unspecified atom stereocenters. The van der Waals surface area contributed by atoms with Crippen molar-refractivity contribution < 1.29 is 28.5 Å². The molecule has 0 amide bonds. The monoisotopic (exact) mass is 342 g/mol. The molecule has 2 aromatic carbocycles. The highest BCUT2D eigenvalue weighted by Crippen LogP contribution is 2.37. The van der Waals surface area contributed by atoms with E-state index in [1.54, 1.807) is 37.3 Å². The van der Waals surface area contributed by atoms with Gasteiger partial charge in [0.2, 0.25) is 6.79 Å². The molecule has 0 N–H and O–H groups in total. The van der Waals surface area contributed by atoms with Crippen LogP contribution < -0.4 is 18.9 Å². The van der Waals surface area contributed by atoms with E-state index >= 15 is 0 Å². The third-order valence-corrected chi connectivity index (χ3v) is 4.02. The molecule has 0 aliphatic carbocycles. The first-order valence-corrected chi connectivity index (χ1v) is 7.82. The Balaban J connectivity index is 2.09. The smallest absolute Gasteiger partial charge is 0.231 e. The third kappa shape index (κ3) is 3.03. The number of carbonyl (C=O) groups is 2. The van der Waals surface area contributed by atoms with Gasteiger partial charge in [-0.15, -0.1) is 0 Å². The molecule has 130 valence electrons. The average molecular weight is 342 g/mol. The summed E-state index contributed by atoms with van der Waals surface area (Å²) in [6, 6.07) is 8.01. The SMILES string of the molecule is CCC(=O)c1cc2c(cc1C(=O)c1ccc(OC)c(OC)c1)OCO2. The van der Waals surface area contributed by atoms with Crippen LogP contribution in [0.25, 0.3) is 0 Å². The van der Waals surface area contributed by atoms with Gasteiger partial charge in [-0.1, -0.05) is 6.92 Å². The minimum absolute atomic E-state index is 0.0725. The van der Waals surface area contributed by atoms with Crippen molar-refractivity contribution in [1.82, 2.24) is 0 Å². The second kappa shape index (κ2) is 6.84. The van der Waals surface area contributed by atoms with Crippen LogP contribution in [-0.4, -0.2) is 32.6 Å². The van der Waals surface area contributed by atoms with Crippen molar-refractivity contribution in [3.8, 4) is 23.0 Å². The predicted octanol–water partition coefficient (Wildman–Crippen LogP) is 3.26. The summed E-state index contributed by atoms with van der Waals surface area (Å²) in [5.41, 5.74) is 0.997. The summed E-state index contributed by atoms with van der Waals surface area (Å²) < 4.78 is 21.1. The van der Waals surface area contributed by atoms with E-state index in [-0.39, 0.29) is 30.3 Å². The second-order valence-electron chi connectivity index (χ2n) is 5.43. The van der Waals surface area contributed by atoms with E-state index in [1.165, 1.54) is 14.2 Å². The van der Waals surface area contributed by atoms with Crippen LogP contribution in [0.4, 0.5) is 0 Å². The first kappa shape index (κ1) is 16.8. The van der Waals surface area contributed by atoms with Crippen LogP contribution in [0.3, 0.4) is 0 Å². The Morgan fingerprint density at radius 3 is 2.20 bits per heavy atom. The summed E-state index contributed by atoms with van der Waals surface area (Å²) in [6.07, 6.45) is 0.284. The van der Waals surface area contributed by atoms with E-state index in [0.29, 0.717) is 34.1 Å². The number of carbonyl (C=O) groups excluding carboxylic acids is 2. The normalized spacial score (nSPS) is 12.0. The lowest BCUT2D eigenvalue weighted by molar-refractivity contribution is 0.0971. The molecule has 1 aliphatic rings. The summed E-state index contributed by atoms with van der Waals surface area (Å²) in [5.74, 6) is 1.46. The maximum Gasteiger partial charge on any atom is 0.231 e. The highest BCUT2D eigenvalue weighted by Gasteiger charge is 2.25. The van der Waals surface area contributed by atoms with Gasteiger partial charge < -0.3 is 18.9 Å². The Labute approximate surface area is 145 Å². The van der Waals surface area contributed by atoms with Gasteiger partial charge in [0.25, 0.3) is 0 Å². The van der Waals surface area contributed by atoms with E-state index in [4.69, 9.17) is 18.9 Å². The summed E-state index contributed by atoms with van der Waals surface area (Å²) in [6.45, 7) is 1.82. The third-order valence-electron chi connectivity index (χ3n) is 4.02. The number of rotatable bonds is 6. The second-order valence-corrected chi connectivity index (χ2v) is 5.43. The van der Waals surface area contributed by atoms with Crippen LogP contribution >= 0.6 is 0 Å². The Bertz CT molecular complexity index is 840. The summed E-state index contributed by atoms with van der Waals surface area (Å²) >= 11 is 0. The summed E-state index contributed by atoms with van der Waals surface area (Å²) in [7, 11) is 3.02. The van der Waals surface area contributed by atoms with Crippen molar-refractivity contribution in [2.24, 2.45) is 0 Å². The van der Waals surface area contributed by atoms with E-state index < -0.39 is 0 Å². The lowest BCUT2D eigenvalue weighted by atomic mass is 9.94. The van der Waals surface area contributed by atoms with Crippen LogP contribution in [0.2, 0.25) is 0 Å². The van der Waals surface area contributed by atoms with Crippen molar-refractivity contribution in [3.05, 3.63) is 47.0 Å². The molecule has 0 atom stereocenters. The standard InChI is InChI=1S/C19H18O6/c1-4-14(20)12-8-17-18(25-10-24-17)9-13(12)19(21)11-5-6-15(22-2)16(7-11)23-3/h5-9H,4,10H2,1-3H3. The number of hydrogen-bond acceptors (Lipinski definition) is 6. The van der Waals surface area contributed by atoms with Gasteiger partial charge in [0, 0.05) is 23.1 Å². The number of benzene rings is 2. The van der Waals surface area contributed by atoms with E-state index in [1.807, 2.05) is 0 Å². The van der Waals surface area contributed by atoms with Gasteiger partial charge in [-0.25, -0.2) is 0 Å². The molecule has 0 saturated carbocycles. The summed E-state index contributed by atoms with van der Waals surface area (Å²) in [4.78, 5) is 25.3. The van der Waals surface area contributed by atoms with Crippen LogP contribution in [0.15, 0.2) is 30.3 Å². The minimum Gasteiger partial charge on any atom is -0.493 e. The number of ether oxygens (including phenoxy) is 4. The van der Waals surface area contributed by atoms with Crippen molar-refractivity contribution >= 4 is 11.6 Å². The minimum atomic E-state index is -0.295. The summed E-state index contributed by atoms with van der Waals surface area (Å²) in [5, 5.41) is 0. The fourth-order valence-corrected chi connectivity index (χ4v) is 2.68. The molecule has 2 aromatic rings. The average Bonchev–Trinajstić information content (AvgIpc) is 3.12. The van der Waals surface area contributed by atoms with Crippen LogP contribution in [0.5, 0.6) is 23.0 Å². The zero-order chi connectivity index (χ0) is 18.0. The molecule has 0 fully saturated rings. The van der Waals surface area contributed by atoms with Crippen LogP contribution in [-0.2, 0) is 0 Å². The fourth-order valence-electron chi connectivity index (χ4n) is 2.68. The van der Waals surface area contributed by atoms with Gasteiger partial charge in [-0.2, -0.15) is 0 Å². The van der Waals surface area contributed by atoms with Gasteiger partial charge in [0.1, 0.15) is 0 Å². The molecule has 6 heteroatoms. The van der Waals surface area contributed by atoms with E-state index in [2.05, 4.69) is 0 Å². The van der Waals surface area contributed by atoms with Gasteiger partial charge in [-0.05, 0) is 30.3 Å². The Hall–Kier alpha value is -3.02. The van der Waals surface area contributed by atoms with Crippen molar-refractivity contribution in [2.75, 3.05) is 21.0 Å². The molecular weight excluding hydrogens is 324 g/mol. The molecule has 6 nitrogen and oxygen atoms in total. The van der Waals surface area contributed by atoms with Crippen molar-refractivity contribution in [1.29, 1.82) is 0 Å². The molecule has 0 bridgehead atoms. The zero-order valence-corrected chi connectivity index (χ0v) is 14.3. The lowest BCUT2D eigenvalue weighted by Gasteiger charge is -2.11. The maximum atomic E-state index is 13.0. The van der Waals surface area contributed by atoms with Crippen LogP contribution in [0.1, 0.15) is 39.6 Å². The Kier molecular flexibility index (Phi) is 4.61. The fraction of sp³-hybridized carbons (Fsp3) is 0.263. The molecule has 0 spiro atoms.